The molecule has 0 aromatic carbocycles. The van der Waals surface area contributed by atoms with Gasteiger partial charge in [-0.2, -0.15) is 0 Å². The van der Waals surface area contributed by atoms with Gasteiger partial charge in [-0.3, -0.25) is 14.6 Å². The molecule has 1 aliphatic heterocycles. The van der Waals surface area contributed by atoms with Crippen LogP contribution in [-0.2, 0) is 4.79 Å². The summed E-state index contributed by atoms with van der Waals surface area (Å²) in [7, 11) is 0. The van der Waals surface area contributed by atoms with Crippen LogP contribution in [0, 0.1) is 0 Å². The van der Waals surface area contributed by atoms with Gasteiger partial charge in [-0.25, -0.2) is 0 Å². The molecule has 1 saturated heterocycles. The molecule has 96 valence electrons. The molecule has 0 atom stereocenters. The topological polar surface area (TPSA) is 53.5 Å². The monoisotopic (exact) mass is 247 g/mol. The van der Waals surface area contributed by atoms with Crippen molar-refractivity contribution >= 4 is 11.8 Å². The average molecular weight is 247 g/mol. The van der Waals surface area contributed by atoms with Crippen LogP contribution in [0.4, 0.5) is 0 Å². The third-order valence-corrected chi connectivity index (χ3v) is 3.10. The van der Waals surface area contributed by atoms with Crippen LogP contribution in [0.2, 0.25) is 0 Å². The van der Waals surface area contributed by atoms with E-state index in [0.29, 0.717) is 18.7 Å². The third kappa shape index (κ3) is 2.50. The van der Waals surface area contributed by atoms with Gasteiger partial charge in [-0.15, -0.1) is 0 Å². The number of piperazine rings is 1. The second-order valence-electron chi connectivity index (χ2n) is 4.64. The second kappa shape index (κ2) is 5.16. The molecule has 0 unspecified atom stereocenters. The van der Waals surface area contributed by atoms with Gasteiger partial charge in [0.05, 0.1) is 0 Å². The number of amides is 2. The lowest BCUT2D eigenvalue weighted by atomic mass is 10.2. The first kappa shape index (κ1) is 12.5. The molecule has 18 heavy (non-hydrogen) atoms. The van der Waals surface area contributed by atoms with Crippen molar-refractivity contribution in [2.24, 2.45) is 0 Å². The molecule has 0 radical (unpaired) electrons. The fraction of sp³-hybridized carbons (Fsp3) is 0.462. The van der Waals surface area contributed by atoms with E-state index in [4.69, 9.17) is 0 Å². The number of aromatic nitrogens is 1. The molecule has 1 fully saturated rings. The summed E-state index contributed by atoms with van der Waals surface area (Å²) in [5.74, 6) is -0.0900. The van der Waals surface area contributed by atoms with E-state index in [1.54, 1.807) is 34.3 Å². The zero-order valence-corrected chi connectivity index (χ0v) is 10.7. The first-order valence-electron chi connectivity index (χ1n) is 6.08. The molecule has 5 nitrogen and oxygen atoms in total. The highest BCUT2D eigenvalue weighted by molar-refractivity contribution is 5.96. The lowest BCUT2D eigenvalue weighted by molar-refractivity contribution is -0.136. The Hall–Kier alpha value is -1.91. The normalized spacial score (nSPS) is 16.3. The highest BCUT2D eigenvalue weighted by Crippen LogP contribution is 2.11. The summed E-state index contributed by atoms with van der Waals surface area (Å²) in [4.78, 5) is 31.3. The van der Waals surface area contributed by atoms with Gasteiger partial charge in [0.2, 0.25) is 5.91 Å². The van der Waals surface area contributed by atoms with Crippen LogP contribution in [0.3, 0.4) is 0 Å². The van der Waals surface area contributed by atoms with E-state index in [0.717, 1.165) is 0 Å². The summed E-state index contributed by atoms with van der Waals surface area (Å²) in [6.45, 7) is 5.33. The fourth-order valence-corrected chi connectivity index (χ4v) is 2.08. The van der Waals surface area contributed by atoms with Crippen LogP contribution < -0.4 is 0 Å². The zero-order chi connectivity index (χ0) is 13.1. The van der Waals surface area contributed by atoms with Crippen LogP contribution in [0.1, 0.15) is 24.2 Å². The number of hydrogen-bond acceptors (Lipinski definition) is 3. The van der Waals surface area contributed by atoms with E-state index in [2.05, 4.69) is 4.98 Å². The van der Waals surface area contributed by atoms with Crippen LogP contribution in [-0.4, -0.2) is 52.3 Å². The molecule has 1 aromatic rings. The zero-order valence-electron chi connectivity index (χ0n) is 10.7. The van der Waals surface area contributed by atoms with Crippen molar-refractivity contribution in [3.63, 3.8) is 0 Å². The van der Waals surface area contributed by atoms with E-state index >= 15 is 0 Å². The first-order chi connectivity index (χ1) is 8.59. The lowest BCUT2D eigenvalue weighted by Crippen LogP contribution is -2.54. The van der Waals surface area contributed by atoms with Gasteiger partial charge in [0.25, 0.3) is 5.91 Å². The Labute approximate surface area is 106 Å². The van der Waals surface area contributed by atoms with Gasteiger partial charge >= 0.3 is 0 Å². The first-order valence-corrected chi connectivity index (χ1v) is 6.08. The lowest BCUT2D eigenvalue weighted by Gasteiger charge is -2.36. The van der Waals surface area contributed by atoms with Gasteiger partial charge in [-0.05, 0) is 26.0 Å². The van der Waals surface area contributed by atoms with Crippen molar-refractivity contribution in [1.82, 2.24) is 14.8 Å². The molecule has 0 aliphatic carbocycles. The van der Waals surface area contributed by atoms with E-state index in [1.807, 2.05) is 13.8 Å². The number of nitrogens with zero attached hydrogens (tertiary/aromatic N) is 3. The molecule has 2 rings (SSSR count). The molecule has 2 amide bonds. The summed E-state index contributed by atoms with van der Waals surface area (Å²) in [5, 5.41) is 0. The standard InChI is InChI=1S/C13H17N3O2/c1-10(2)16-8-7-15(9-12(16)17)13(18)11-3-5-14-6-4-11/h3-6,10H,7-9H2,1-2H3. The Balaban J connectivity index is 2.05. The van der Waals surface area contributed by atoms with Crippen molar-refractivity contribution in [2.45, 2.75) is 19.9 Å². The molecule has 0 N–H and O–H groups in total. The fourth-order valence-electron chi connectivity index (χ4n) is 2.08. The van der Waals surface area contributed by atoms with Gasteiger partial charge in [0, 0.05) is 37.1 Å². The van der Waals surface area contributed by atoms with Crippen molar-refractivity contribution in [3.8, 4) is 0 Å². The van der Waals surface area contributed by atoms with Crippen molar-refractivity contribution in [1.29, 1.82) is 0 Å². The number of rotatable bonds is 2. The molecule has 2 heterocycles. The van der Waals surface area contributed by atoms with Crippen LogP contribution in [0.15, 0.2) is 24.5 Å². The number of pyridine rings is 1. The van der Waals surface area contributed by atoms with Crippen molar-refractivity contribution in [2.75, 3.05) is 19.6 Å². The van der Waals surface area contributed by atoms with Gasteiger partial charge in [-0.1, -0.05) is 0 Å². The van der Waals surface area contributed by atoms with Crippen LogP contribution in [0.5, 0.6) is 0 Å². The summed E-state index contributed by atoms with van der Waals surface area (Å²) < 4.78 is 0. The van der Waals surface area contributed by atoms with E-state index < -0.39 is 0 Å². The summed E-state index contributed by atoms with van der Waals surface area (Å²) in [5.41, 5.74) is 0.579. The minimum atomic E-state index is -0.103. The molecular formula is C13H17N3O2. The number of carbonyl (C=O) groups excluding carboxylic acids is 2. The van der Waals surface area contributed by atoms with Gasteiger partial charge in [0.1, 0.15) is 6.54 Å². The van der Waals surface area contributed by atoms with Crippen molar-refractivity contribution in [3.05, 3.63) is 30.1 Å². The Kier molecular flexibility index (Phi) is 3.60. The molecular weight excluding hydrogens is 230 g/mol. The SMILES string of the molecule is CC(C)N1CCN(C(=O)c2ccncc2)CC1=O. The molecule has 1 aliphatic rings. The summed E-state index contributed by atoms with van der Waals surface area (Å²) in [6, 6.07) is 3.53. The second-order valence-corrected chi connectivity index (χ2v) is 4.64. The predicted octanol–water partition coefficient (Wildman–Crippen LogP) is 0.774. The Morgan fingerprint density at radius 1 is 1.28 bits per heavy atom. The molecule has 0 spiro atoms. The van der Waals surface area contributed by atoms with E-state index in [1.165, 1.54) is 0 Å². The maximum Gasteiger partial charge on any atom is 0.254 e. The van der Waals surface area contributed by atoms with Crippen LogP contribution >= 0.6 is 0 Å². The van der Waals surface area contributed by atoms with Crippen molar-refractivity contribution < 1.29 is 9.59 Å². The molecule has 1 aromatic heterocycles. The maximum atomic E-state index is 12.1. The van der Waals surface area contributed by atoms with Gasteiger partial charge < -0.3 is 9.80 Å². The molecule has 0 bridgehead atoms. The largest absolute Gasteiger partial charge is 0.337 e. The Morgan fingerprint density at radius 3 is 2.50 bits per heavy atom. The highest BCUT2D eigenvalue weighted by Gasteiger charge is 2.28. The molecule has 0 saturated carbocycles. The minimum absolute atomic E-state index is 0.0126. The Morgan fingerprint density at radius 2 is 1.94 bits per heavy atom. The smallest absolute Gasteiger partial charge is 0.254 e. The Bertz CT molecular complexity index is 445. The number of hydrogen-bond donors (Lipinski definition) is 0. The minimum Gasteiger partial charge on any atom is -0.337 e. The summed E-state index contributed by atoms with van der Waals surface area (Å²) >= 11 is 0. The maximum absolute atomic E-state index is 12.1. The molecule has 5 heteroatoms. The van der Waals surface area contributed by atoms with E-state index in [-0.39, 0.29) is 24.4 Å². The van der Waals surface area contributed by atoms with Crippen LogP contribution in [0.25, 0.3) is 0 Å². The number of carbonyl (C=O) groups is 2. The summed E-state index contributed by atoms with van der Waals surface area (Å²) in [6.07, 6.45) is 3.17. The quantitative estimate of drug-likeness (QED) is 0.776. The predicted molar refractivity (Wildman–Crippen MR) is 67.0 cm³/mol. The van der Waals surface area contributed by atoms with E-state index in [9.17, 15) is 9.59 Å². The van der Waals surface area contributed by atoms with Gasteiger partial charge in [0.15, 0.2) is 0 Å². The third-order valence-electron chi connectivity index (χ3n) is 3.10. The average Bonchev–Trinajstić information content (AvgIpc) is 2.38. The highest BCUT2D eigenvalue weighted by atomic mass is 16.2.